The highest BCUT2D eigenvalue weighted by atomic mass is 32.1. The maximum absolute atomic E-state index is 12.8. The lowest BCUT2D eigenvalue weighted by Gasteiger charge is -2.15. The number of hydrogen-bond acceptors (Lipinski definition) is 8. The van der Waals surface area contributed by atoms with E-state index in [1.165, 1.54) is 25.4 Å². The number of aromatic nitrogens is 1. The second-order valence-corrected chi connectivity index (χ2v) is 7.32. The van der Waals surface area contributed by atoms with Gasteiger partial charge in [-0.15, -0.1) is 11.3 Å². The lowest BCUT2D eigenvalue weighted by atomic mass is 9.95. The number of ether oxygens (including phenoxy) is 3. The summed E-state index contributed by atoms with van der Waals surface area (Å²) in [6.45, 7) is 5.15. The number of methoxy groups -OCH3 is 2. The Kier molecular flexibility index (Phi) is 5.74. The molecule has 0 aliphatic heterocycles. The van der Waals surface area contributed by atoms with Crippen molar-refractivity contribution in [1.82, 2.24) is 4.98 Å². The van der Waals surface area contributed by atoms with Crippen molar-refractivity contribution in [2.24, 2.45) is 0 Å². The number of hydrogen-bond donors (Lipinski definition) is 1. The fourth-order valence-corrected chi connectivity index (χ4v) is 4.31. The second-order valence-electron chi connectivity index (χ2n) is 6.32. The normalized spacial score (nSPS) is 10.8. The minimum atomic E-state index is -0.501. The van der Waals surface area contributed by atoms with Gasteiger partial charge in [-0.25, -0.2) is 9.78 Å². The first-order valence-electron chi connectivity index (χ1n) is 8.97. The summed E-state index contributed by atoms with van der Waals surface area (Å²) in [5.74, 6) is 0.403. The molecule has 2 aromatic heterocycles. The van der Waals surface area contributed by atoms with Crippen LogP contribution in [0.15, 0.2) is 18.2 Å². The molecule has 2 N–H and O–H groups in total. The Labute approximate surface area is 172 Å². The zero-order valence-electron chi connectivity index (χ0n) is 16.9. The highest BCUT2D eigenvalue weighted by Crippen LogP contribution is 2.44. The number of fused-ring (bicyclic) bond motifs is 1. The molecule has 0 fully saturated rings. The number of thiophene rings is 1. The molecule has 0 aliphatic carbocycles. The molecule has 7 nitrogen and oxygen atoms in total. The minimum Gasteiger partial charge on any atom is -0.493 e. The van der Waals surface area contributed by atoms with Crippen LogP contribution in [0.1, 0.15) is 39.6 Å². The quantitative estimate of drug-likeness (QED) is 0.475. The van der Waals surface area contributed by atoms with E-state index in [4.69, 9.17) is 19.9 Å². The number of pyridine rings is 1. The molecule has 3 aromatic rings. The molecular weight excluding hydrogens is 392 g/mol. The van der Waals surface area contributed by atoms with Crippen LogP contribution in [0.2, 0.25) is 0 Å². The Morgan fingerprint density at radius 2 is 1.86 bits per heavy atom. The van der Waals surface area contributed by atoms with E-state index in [0.717, 1.165) is 0 Å². The largest absolute Gasteiger partial charge is 0.493 e. The van der Waals surface area contributed by atoms with Crippen molar-refractivity contribution in [3.8, 4) is 22.6 Å². The summed E-state index contributed by atoms with van der Waals surface area (Å²) in [7, 11) is 3.08. The smallest absolute Gasteiger partial charge is 0.340 e. The van der Waals surface area contributed by atoms with Gasteiger partial charge in [-0.2, -0.15) is 0 Å². The van der Waals surface area contributed by atoms with Gasteiger partial charge in [0.05, 0.1) is 42.6 Å². The molecule has 0 unspecified atom stereocenters. The zero-order chi connectivity index (χ0) is 21.3. The first-order chi connectivity index (χ1) is 13.8. The first kappa shape index (κ1) is 20.6. The van der Waals surface area contributed by atoms with Gasteiger partial charge in [-0.05, 0) is 31.5 Å². The molecule has 0 bridgehead atoms. The number of aryl methyl sites for hydroxylation is 1. The number of esters is 1. The van der Waals surface area contributed by atoms with Gasteiger partial charge in [0.25, 0.3) is 0 Å². The predicted octanol–water partition coefficient (Wildman–Crippen LogP) is 4.25. The minimum absolute atomic E-state index is 0.154. The van der Waals surface area contributed by atoms with Crippen molar-refractivity contribution in [3.63, 3.8) is 0 Å². The van der Waals surface area contributed by atoms with E-state index >= 15 is 0 Å². The highest BCUT2D eigenvalue weighted by Gasteiger charge is 2.26. The van der Waals surface area contributed by atoms with Gasteiger partial charge in [0.1, 0.15) is 4.83 Å². The molecule has 29 heavy (non-hydrogen) atoms. The Morgan fingerprint density at radius 1 is 1.17 bits per heavy atom. The summed E-state index contributed by atoms with van der Waals surface area (Å²) in [4.78, 5) is 30.4. The van der Waals surface area contributed by atoms with Gasteiger partial charge < -0.3 is 19.9 Å². The van der Waals surface area contributed by atoms with Gasteiger partial charge in [-0.1, -0.05) is 6.07 Å². The lowest BCUT2D eigenvalue weighted by Crippen LogP contribution is -2.10. The van der Waals surface area contributed by atoms with Crippen molar-refractivity contribution >= 4 is 39.0 Å². The van der Waals surface area contributed by atoms with Crippen LogP contribution in [0.3, 0.4) is 0 Å². The number of nitrogen functional groups attached to an aromatic ring is 1. The molecule has 0 aliphatic rings. The molecule has 152 valence electrons. The van der Waals surface area contributed by atoms with Gasteiger partial charge in [0.2, 0.25) is 0 Å². The molecular formula is C21H22N2O5S. The highest BCUT2D eigenvalue weighted by molar-refractivity contribution is 7.21. The van der Waals surface area contributed by atoms with Crippen LogP contribution >= 0.6 is 11.3 Å². The molecule has 0 atom stereocenters. The van der Waals surface area contributed by atoms with E-state index in [0.29, 0.717) is 54.7 Å². The lowest BCUT2D eigenvalue weighted by molar-refractivity contribution is 0.0526. The second kappa shape index (κ2) is 8.08. The van der Waals surface area contributed by atoms with Crippen LogP contribution in [-0.2, 0) is 4.74 Å². The van der Waals surface area contributed by atoms with Crippen LogP contribution in [0.4, 0.5) is 5.69 Å². The van der Waals surface area contributed by atoms with Crippen molar-refractivity contribution < 1.29 is 23.8 Å². The number of Topliss-reactive ketones (excluding diaryl/α,β-unsaturated/α-hetero) is 1. The number of rotatable bonds is 6. The van der Waals surface area contributed by atoms with Crippen LogP contribution in [-0.4, -0.2) is 37.6 Å². The maximum atomic E-state index is 12.8. The number of nitrogens with two attached hydrogens (primary N) is 1. The Morgan fingerprint density at radius 3 is 2.45 bits per heavy atom. The average Bonchev–Trinajstić information content (AvgIpc) is 3.02. The topological polar surface area (TPSA) is 101 Å². The molecule has 3 rings (SSSR count). The van der Waals surface area contributed by atoms with Gasteiger partial charge in [0.15, 0.2) is 17.3 Å². The number of anilines is 1. The monoisotopic (exact) mass is 414 g/mol. The Balaban J connectivity index is 2.45. The Hall–Kier alpha value is -3.13. The average molecular weight is 414 g/mol. The number of carbonyl (C=O) groups excluding carboxylic acids is 2. The number of benzene rings is 1. The fraction of sp³-hybridized carbons (Fsp3) is 0.286. The van der Waals surface area contributed by atoms with Crippen molar-refractivity contribution in [3.05, 3.63) is 34.3 Å². The zero-order valence-corrected chi connectivity index (χ0v) is 17.7. The van der Waals surface area contributed by atoms with Crippen LogP contribution in [0.25, 0.3) is 21.3 Å². The third-order valence-corrected chi connectivity index (χ3v) is 5.73. The summed E-state index contributed by atoms with van der Waals surface area (Å²) in [5, 5.41) is 0.557. The molecule has 0 saturated heterocycles. The van der Waals surface area contributed by atoms with E-state index in [-0.39, 0.29) is 12.4 Å². The number of nitrogens with zero attached hydrogens (tertiary/aromatic N) is 1. The van der Waals surface area contributed by atoms with Gasteiger partial charge in [-0.3, -0.25) is 4.79 Å². The molecule has 0 amide bonds. The van der Waals surface area contributed by atoms with Crippen molar-refractivity contribution in [2.45, 2.75) is 20.8 Å². The molecule has 8 heteroatoms. The standard InChI is InChI=1S/C21H22N2O5S/c1-6-28-21(25)15-10(2)23-20-17(18(22)19(29-20)11(3)24)16(15)12-7-8-13(26-4)14(9-12)27-5/h7-9H,6,22H2,1-5H3. The summed E-state index contributed by atoms with van der Waals surface area (Å²) >= 11 is 1.21. The van der Waals surface area contributed by atoms with E-state index in [2.05, 4.69) is 4.98 Å². The molecule has 1 aromatic carbocycles. The van der Waals surface area contributed by atoms with Crippen molar-refractivity contribution in [1.29, 1.82) is 0 Å². The Bertz CT molecular complexity index is 1120. The predicted molar refractivity (Wildman–Crippen MR) is 113 cm³/mol. The first-order valence-corrected chi connectivity index (χ1v) is 9.78. The molecule has 2 heterocycles. The van der Waals surface area contributed by atoms with Crippen LogP contribution in [0.5, 0.6) is 11.5 Å². The summed E-state index contributed by atoms with van der Waals surface area (Å²) in [6.07, 6.45) is 0. The van der Waals surface area contributed by atoms with Crippen LogP contribution < -0.4 is 15.2 Å². The van der Waals surface area contributed by atoms with Crippen LogP contribution in [0, 0.1) is 6.92 Å². The van der Waals surface area contributed by atoms with E-state index in [1.807, 2.05) is 6.07 Å². The molecule has 0 saturated carbocycles. The summed E-state index contributed by atoms with van der Waals surface area (Å²) in [6, 6.07) is 5.32. The maximum Gasteiger partial charge on any atom is 0.340 e. The SMILES string of the molecule is CCOC(=O)c1c(C)nc2sc(C(C)=O)c(N)c2c1-c1ccc(OC)c(OC)c1. The number of ketones is 1. The summed E-state index contributed by atoms with van der Waals surface area (Å²) < 4.78 is 16.0. The molecule has 0 radical (unpaired) electrons. The van der Waals surface area contributed by atoms with Gasteiger partial charge in [0, 0.05) is 17.9 Å². The third kappa shape index (κ3) is 3.51. The van der Waals surface area contributed by atoms with Crippen molar-refractivity contribution in [2.75, 3.05) is 26.6 Å². The molecule has 0 spiro atoms. The van der Waals surface area contributed by atoms with E-state index in [9.17, 15) is 9.59 Å². The van der Waals surface area contributed by atoms with Gasteiger partial charge >= 0.3 is 5.97 Å². The van der Waals surface area contributed by atoms with E-state index in [1.54, 1.807) is 33.1 Å². The fourth-order valence-electron chi connectivity index (χ4n) is 3.26. The third-order valence-electron chi connectivity index (χ3n) is 4.53. The number of carbonyl (C=O) groups is 2. The van der Waals surface area contributed by atoms with E-state index < -0.39 is 5.97 Å². The summed E-state index contributed by atoms with van der Waals surface area (Å²) in [5.41, 5.74) is 8.70.